The maximum absolute atomic E-state index is 10.3. The van der Waals surface area contributed by atoms with E-state index in [-0.39, 0.29) is 0 Å². The van der Waals surface area contributed by atoms with Crippen molar-refractivity contribution in [2.75, 3.05) is 13.2 Å². The van der Waals surface area contributed by atoms with Crippen LogP contribution in [0, 0.1) is 0 Å². The molecule has 224 valence electrons. The first kappa shape index (κ1) is 38.9. The largest absolute Gasteiger partial charge is 0.454 e. The lowest BCUT2D eigenvalue weighted by molar-refractivity contribution is 0.170. The highest BCUT2D eigenvalue weighted by atomic mass is 35.5. The second-order valence-electron chi connectivity index (χ2n) is 11.0. The zero-order chi connectivity index (χ0) is 27.5. The third kappa shape index (κ3) is 43.0. The standard InChI is InChI=1S/C17H33ClO2.C16H34O/c1-2-3-4-5-6-7-8-9-10-11-12-13-14-15-16-20-17(18)19;1-2-3-4-5-6-7-8-9-10-11-12-13-14-15-16-17/h2-16H2,1H3;17H,2-16H2,1H3. The average molecular weight is 547 g/mol. The fourth-order valence-electron chi connectivity index (χ4n) is 4.76. The van der Waals surface area contributed by atoms with Gasteiger partial charge in [-0.25, -0.2) is 4.79 Å². The van der Waals surface area contributed by atoms with Crippen molar-refractivity contribution >= 4 is 17.0 Å². The first-order valence-corrected chi connectivity index (χ1v) is 17.0. The van der Waals surface area contributed by atoms with E-state index in [2.05, 4.69) is 18.6 Å². The van der Waals surface area contributed by atoms with Gasteiger partial charge in [-0.1, -0.05) is 181 Å². The fourth-order valence-corrected chi connectivity index (χ4v) is 4.83. The van der Waals surface area contributed by atoms with Gasteiger partial charge in [0.25, 0.3) is 0 Å². The summed E-state index contributed by atoms with van der Waals surface area (Å²) in [5.74, 6) is 0. The van der Waals surface area contributed by atoms with Crippen molar-refractivity contribution in [3.63, 3.8) is 0 Å². The van der Waals surface area contributed by atoms with Gasteiger partial charge in [0, 0.05) is 18.2 Å². The number of hydrogen-bond donors (Lipinski definition) is 1. The predicted octanol–water partition coefficient (Wildman–Crippen LogP) is 12.3. The Morgan fingerprint density at radius 1 is 0.459 bits per heavy atom. The fraction of sp³-hybridized carbons (Fsp3) is 0.970. The Morgan fingerprint density at radius 2 is 0.703 bits per heavy atom. The van der Waals surface area contributed by atoms with E-state index in [9.17, 15) is 4.79 Å². The van der Waals surface area contributed by atoms with Crippen molar-refractivity contribution in [1.29, 1.82) is 0 Å². The van der Waals surface area contributed by atoms with Gasteiger partial charge in [-0.15, -0.1) is 0 Å². The molecule has 0 heterocycles. The molecule has 3 nitrogen and oxygen atoms in total. The number of aliphatic hydroxyl groups is 1. The summed E-state index contributed by atoms with van der Waals surface area (Å²) >= 11 is 5.07. The van der Waals surface area contributed by atoms with Gasteiger partial charge in [0.15, 0.2) is 0 Å². The van der Waals surface area contributed by atoms with Crippen LogP contribution in [0.3, 0.4) is 0 Å². The molecule has 0 aliphatic rings. The van der Waals surface area contributed by atoms with Crippen molar-refractivity contribution < 1.29 is 14.6 Å². The Balaban J connectivity index is 0. The van der Waals surface area contributed by atoms with Crippen molar-refractivity contribution in [1.82, 2.24) is 0 Å². The van der Waals surface area contributed by atoms with E-state index < -0.39 is 5.43 Å². The highest BCUT2D eigenvalue weighted by Gasteiger charge is 1.97. The van der Waals surface area contributed by atoms with Crippen LogP contribution in [0.4, 0.5) is 4.79 Å². The topological polar surface area (TPSA) is 46.5 Å². The minimum atomic E-state index is -0.681. The predicted molar refractivity (Wildman–Crippen MR) is 165 cm³/mol. The van der Waals surface area contributed by atoms with Gasteiger partial charge in [-0.05, 0) is 12.8 Å². The number of halogens is 1. The maximum Gasteiger partial charge on any atom is 0.403 e. The molecule has 0 radical (unpaired) electrons. The molecule has 0 saturated heterocycles. The minimum Gasteiger partial charge on any atom is -0.454 e. The smallest absolute Gasteiger partial charge is 0.403 e. The molecule has 0 spiro atoms. The number of hydrogen-bond acceptors (Lipinski definition) is 3. The van der Waals surface area contributed by atoms with Crippen LogP contribution in [-0.2, 0) is 4.74 Å². The summed E-state index contributed by atoms with van der Waals surface area (Å²) < 4.78 is 4.68. The third-order valence-electron chi connectivity index (χ3n) is 7.23. The van der Waals surface area contributed by atoms with Crippen LogP contribution in [0.2, 0.25) is 0 Å². The number of carbonyl (C=O) groups excluding carboxylic acids is 1. The summed E-state index contributed by atoms with van der Waals surface area (Å²) in [4.78, 5) is 10.3. The van der Waals surface area contributed by atoms with Crippen LogP contribution in [0.15, 0.2) is 0 Å². The van der Waals surface area contributed by atoms with Gasteiger partial charge in [0.2, 0.25) is 0 Å². The quantitative estimate of drug-likeness (QED) is 0.0749. The summed E-state index contributed by atoms with van der Waals surface area (Å²) in [5.41, 5.74) is -0.681. The lowest BCUT2D eigenvalue weighted by Gasteiger charge is -2.03. The highest BCUT2D eigenvalue weighted by molar-refractivity contribution is 6.61. The molecule has 0 unspecified atom stereocenters. The summed E-state index contributed by atoms with van der Waals surface area (Å²) in [6.45, 7) is 5.39. The molecule has 0 bridgehead atoms. The maximum atomic E-state index is 10.3. The second-order valence-corrected chi connectivity index (χ2v) is 11.3. The monoisotopic (exact) mass is 546 g/mol. The van der Waals surface area contributed by atoms with Gasteiger partial charge in [0.05, 0.1) is 6.61 Å². The van der Waals surface area contributed by atoms with E-state index >= 15 is 0 Å². The molecule has 37 heavy (non-hydrogen) atoms. The number of aliphatic hydroxyl groups excluding tert-OH is 1. The summed E-state index contributed by atoms with van der Waals surface area (Å²) in [6.07, 6.45) is 37.9. The van der Waals surface area contributed by atoms with E-state index in [1.54, 1.807) is 0 Å². The molecule has 0 amide bonds. The van der Waals surface area contributed by atoms with Crippen LogP contribution in [0.25, 0.3) is 0 Å². The van der Waals surface area contributed by atoms with Gasteiger partial charge in [0.1, 0.15) is 0 Å². The minimum absolute atomic E-state index is 0.373. The molecule has 0 atom stereocenters. The first-order chi connectivity index (χ1) is 18.2. The van der Waals surface area contributed by atoms with Crippen LogP contribution >= 0.6 is 11.6 Å². The SMILES string of the molecule is CCCCCCCCCCCCCCCCO.CCCCCCCCCCCCCCCCOC(=O)Cl. The van der Waals surface area contributed by atoms with E-state index in [1.165, 1.54) is 161 Å². The van der Waals surface area contributed by atoms with E-state index in [0.717, 1.165) is 19.3 Å². The molecule has 0 aromatic rings. The van der Waals surface area contributed by atoms with Gasteiger partial charge < -0.3 is 9.84 Å². The lowest BCUT2D eigenvalue weighted by atomic mass is 10.0. The lowest BCUT2D eigenvalue weighted by Crippen LogP contribution is -1.96. The molecule has 0 saturated carbocycles. The second kappa shape index (κ2) is 37.9. The number of carbonyl (C=O) groups is 1. The van der Waals surface area contributed by atoms with Gasteiger partial charge in [-0.3, -0.25) is 0 Å². The Bertz CT molecular complexity index is 389. The van der Waals surface area contributed by atoms with Crippen LogP contribution < -0.4 is 0 Å². The van der Waals surface area contributed by atoms with Crippen molar-refractivity contribution in [2.24, 2.45) is 0 Å². The molecular weight excluding hydrogens is 480 g/mol. The Morgan fingerprint density at radius 3 is 0.946 bits per heavy atom. The van der Waals surface area contributed by atoms with Crippen molar-refractivity contribution in [3.05, 3.63) is 0 Å². The van der Waals surface area contributed by atoms with E-state index in [4.69, 9.17) is 16.7 Å². The first-order valence-electron chi connectivity index (χ1n) is 16.6. The van der Waals surface area contributed by atoms with Crippen LogP contribution in [0.1, 0.15) is 194 Å². The molecule has 0 aliphatic heterocycles. The number of unbranched alkanes of at least 4 members (excludes halogenated alkanes) is 26. The summed E-state index contributed by atoms with van der Waals surface area (Å²) in [7, 11) is 0. The summed E-state index contributed by atoms with van der Waals surface area (Å²) in [5, 5.41) is 8.64. The van der Waals surface area contributed by atoms with Crippen LogP contribution in [-0.4, -0.2) is 23.7 Å². The molecule has 0 aromatic heterocycles. The zero-order valence-corrected chi connectivity index (χ0v) is 26.1. The Kier molecular flexibility index (Phi) is 39.8. The molecule has 0 rings (SSSR count). The molecule has 1 N–H and O–H groups in total. The van der Waals surface area contributed by atoms with Gasteiger partial charge in [-0.2, -0.15) is 0 Å². The third-order valence-corrected chi connectivity index (χ3v) is 7.33. The molecule has 0 fully saturated rings. The molecule has 4 heteroatoms. The van der Waals surface area contributed by atoms with Crippen molar-refractivity contribution in [3.8, 4) is 0 Å². The van der Waals surface area contributed by atoms with E-state index in [0.29, 0.717) is 13.2 Å². The summed E-state index contributed by atoms with van der Waals surface area (Å²) in [6, 6.07) is 0. The normalized spacial score (nSPS) is 10.8. The molecule has 0 aliphatic carbocycles. The van der Waals surface area contributed by atoms with E-state index in [1.807, 2.05) is 0 Å². The molecular formula is C33H67ClO3. The van der Waals surface area contributed by atoms with Crippen LogP contribution in [0.5, 0.6) is 0 Å². The average Bonchev–Trinajstić information content (AvgIpc) is 2.89. The van der Waals surface area contributed by atoms with Crippen molar-refractivity contribution in [2.45, 2.75) is 194 Å². The highest BCUT2D eigenvalue weighted by Crippen LogP contribution is 2.14. The van der Waals surface area contributed by atoms with Gasteiger partial charge >= 0.3 is 5.43 Å². The molecule has 0 aromatic carbocycles. The Labute approximate surface area is 238 Å². The number of rotatable bonds is 29. The Hall–Kier alpha value is -0.280. The number of ether oxygens (including phenoxy) is 1. The zero-order valence-electron chi connectivity index (χ0n) is 25.4.